The van der Waals surface area contributed by atoms with E-state index in [9.17, 15) is 14.7 Å². The third-order valence-electron chi connectivity index (χ3n) is 4.66. The van der Waals surface area contributed by atoms with Crippen LogP contribution in [0.3, 0.4) is 0 Å². The minimum absolute atomic E-state index is 0.0636. The van der Waals surface area contributed by atoms with Crippen molar-refractivity contribution in [3.63, 3.8) is 0 Å². The van der Waals surface area contributed by atoms with Gasteiger partial charge in [-0.25, -0.2) is 0 Å². The summed E-state index contributed by atoms with van der Waals surface area (Å²) in [6, 6.07) is 0. The Balaban J connectivity index is 1.65. The van der Waals surface area contributed by atoms with Crippen LogP contribution in [0.15, 0.2) is 24.3 Å². The van der Waals surface area contributed by atoms with Gasteiger partial charge >= 0.3 is 5.97 Å². The molecule has 0 unspecified atom stereocenters. The van der Waals surface area contributed by atoms with Gasteiger partial charge in [0.2, 0.25) is 0 Å². The second-order valence-electron chi connectivity index (χ2n) is 6.79. The molecule has 132 valence electrons. The molecule has 3 rings (SSSR count). The molecule has 6 nitrogen and oxygen atoms in total. The van der Waals surface area contributed by atoms with Crippen LogP contribution in [0, 0.1) is 0 Å². The van der Waals surface area contributed by atoms with Gasteiger partial charge in [0.05, 0.1) is 25.2 Å². The van der Waals surface area contributed by atoms with Gasteiger partial charge in [0.1, 0.15) is 5.60 Å². The van der Waals surface area contributed by atoms with Crippen molar-refractivity contribution in [1.82, 2.24) is 0 Å². The zero-order valence-corrected chi connectivity index (χ0v) is 13.9. The van der Waals surface area contributed by atoms with Gasteiger partial charge in [-0.1, -0.05) is 6.92 Å². The lowest BCUT2D eigenvalue weighted by atomic mass is 9.92. The van der Waals surface area contributed by atoms with E-state index in [1.807, 2.05) is 6.92 Å². The number of hydrogen-bond donors (Lipinski definition) is 1. The number of carbonyl (C=O) groups excluding carboxylic acids is 2. The van der Waals surface area contributed by atoms with Crippen LogP contribution in [-0.2, 0) is 23.8 Å². The molecule has 0 aromatic heterocycles. The minimum atomic E-state index is -0.914. The smallest absolute Gasteiger partial charge is 0.308 e. The predicted octanol–water partition coefficient (Wildman–Crippen LogP) is 1.81. The monoisotopic (exact) mass is 336 g/mol. The number of aliphatic hydroxyl groups is 1. The molecule has 0 radical (unpaired) electrons. The predicted molar refractivity (Wildman–Crippen MR) is 85.0 cm³/mol. The maximum atomic E-state index is 11.8. The van der Waals surface area contributed by atoms with Crippen LogP contribution in [0.5, 0.6) is 0 Å². The fourth-order valence-electron chi connectivity index (χ4n) is 3.58. The molecule has 0 aromatic rings. The van der Waals surface area contributed by atoms with Crippen LogP contribution < -0.4 is 0 Å². The third kappa shape index (κ3) is 3.77. The number of allylic oxidation sites excluding steroid dienone is 2. The van der Waals surface area contributed by atoms with E-state index in [0.717, 1.165) is 6.42 Å². The third-order valence-corrected chi connectivity index (χ3v) is 4.66. The van der Waals surface area contributed by atoms with Crippen molar-refractivity contribution in [2.24, 2.45) is 0 Å². The van der Waals surface area contributed by atoms with Crippen LogP contribution in [0.4, 0.5) is 0 Å². The van der Waals surface area contributed by atoms with E-state index in [2.05, 4.69) is 0 Å². The maximum absolute atomic E-state index is 11.8. The van der Waals surface area contributed by atoms with E-state index in [4.69, 9.17) is 14.2 Å². The van der Waals surface area contributed by atoms with Gasteiger partial charge in [-0.2, -0.15) is 0 Å². The Labute approximate surface area is 141 Å². The number of hydrogen-bond acceptors (Lipinski definition) is 6. The van der Waals surface area contributed by atoms with Crippen LogP contribution in [0.25, 0.3) is 0 Å². The van der Waals surface area contributed by atoms with Crippen molar-refractivity contribution in [3.8, 4) is 0 Å². The van der Waals surface area contributed by atoms with Gasteiger partial charge in [0.25, 0.3) is 0 Å². The molecule has 0 amide bonds. The largest absolute Gasteiger partial charge is 0.466 e. The second kappa shape index (κ2) is 6.78. The summed E-state index contributed by atoms with van der Waals surface area (Å²) < 4.78 is 17.3. The molecule has 2 heterocycles. The van der Waals surface area contributed by atoms with Crippen molar-refractivity contribution >= 4 is 11.8 Å². The first kappa shape index (κ1) is 17.3. The maximum Gasteiger partial charge on any atom is 0.308 e. The number of esters is 1. The number of ketones is 1. The minimum Gasteiger partial charge on any atom is -0.466 e. The highest BCUT2D eigenvalue weighted by Crippen LogP contribution is 2.47. The second-order valence-corrected chi connectivity index (χ2v) is 6.79. The Morgan fingerprint density at radius 2 is 2.12 bits per heavy atom. The highest BCUT2D eigenvalue weighted by molar-refractivity contribution is 6.00. The van der Waals surface area contributed by atoms with E-state index in [0.29, 0.717) is 32.3 Å². The van der Waals surface area contributed by atoms with Gasteiger partial charge in [0.15, 0.2) is 11.6 Å². The first-order valence-electron chi connectivity index (χ1n) is 8.58. The van der Waals surface area contributed by atoms with Gasteiger partial charge in [-0.05, 0) is 37.1 Å². The summed E-state index contributed by atoms with van der Waals surface area (Å²) in [5, 5.41) is 10.2. The Bertz CT molecular complexity index is 550. The summed E-state index contributed by atoms with van der Waals surface area (Å²) in [7, 11) is 0. The highest BCUT2D eigenvalue weighted by atomic mass is 16.7. The summed E-state index contributed by atoms with van der Waals surface area (Å²) in [5.74, 6) is -1.30. The summed E-state index contributed by atoms with van der Waals surface area (Å²) in [4.78, 5) is 23.2. The van der Waals surface area contributed by atoms with Crippen molar-refractivity contribution < 1.29 is 28.9 Å². The number of aliphatic hydroxyl groups excluding tert-OH is 1. The molecule has 2 aliphatic heterocycles. The average Bonchev–Trinajstić information content (AvgIpc) is 2.85. The molecule has 0 aromatic carbocycles. The van der Waals surface area contributed by atoms with Crippen LogP contribution in [-0.4, -0.2) is 47.1 Å². The fraction of sp³-hybridized carbons (Fsp3) is 0.667. The van der Waals surface area contributed by atoms with Gasteiger partial charge in [0, 0.05) is 19.3 Å². The SMILES string of the molecule is CCCOC(=O)C[C@H]1C[C@H](O)C[C@@]2(CCC3(C=CC(=O)C=C3)O2)O1. The van der Waals surface area contributed by atoms with Gasteiger partial charge < -0.3 is 19.3 Å². The molecule has 2 fully saturated rings. The zero-order valence-electron chi connectivity index (χ0n) is 13.9. The summed E-state index contributed by atoms with van der Waals surface area (Å²) in [6.07, 6.45) is 8.40. The standard InChI is InChI=1S/C18H24O6/c1-2-9-22-16(21)11-15-10-14(20)12-18(23-15)8-7-17(24-18)5-3-13(19)4-6-17/h3-6,14-15,20H,2,7-12H2,1H3/t14-,15+,18-/m0/s1. The Morgan fingerprint density at radius 3 is 2.83 bits per heavy atom. The van der Waals surface area contributed by atoms with E-state index in [1.165, 1.54) is 12.2 Å². The molecule has 3 atom stereocenters. The van der Waals surface area contributed by atoms with Crippen molar-refractivity contribution in [1.29, 1.82) is 0 Å². The Hall–Kier alpha value is -1.50. The summed E-state index contributed by atoms with van der Waals surface area (Å²) in [5.41, 5.74) is -0.655. The molecule has 2 spiro atoms. The van der Waals surface area contributed by atoms with E-state index in [-0.39, 0.29) is 18.2 Å². The molecular weight excluding hydrogens is 312 g/mol. The van der Waals surface area contributed by atoms with Crippen LogP contribution >= 0.6 is 0 Å². The lowest BCUT2D eigenvalue weighted by Crippen LogP contribution is -2.48. The van der Waals surface area contributed by atoms with E-state index >= 15 is 0 Å². The first-order valence-corrected chi connectivity index (χ1v) is 8.58. The van der Waals surface area contributed by atoms with Crippen molar-refractivity contribution in [2.45, 2.75) is 69.0 Å². The zero-order chi connectivity index (χ0) is 17.2. The fourth-order valence-corrected chi connectivity index (χ4v) is 3.58. The van der Waals surface area contributed by atoms with E-state index in [1.54, 1.807) is 12.2 Å². The van der Waals surface area contributed by atoms with Crippen molar-refractivity contribution in [3.05, 3.63) is 24.3 Å². The van der Waals surface area contributed by atoms with Crippen LogP contribution in [0.2, 0.25) is 0 Å². The topological polar surface area (TPSA) is 82.1 Å². The lowest BCUT2D eigenvalue weighted by Gasteiger charge is -2.41. The first-order chi connectivity index (χ1) is 11.4. The number of carbonyl (C=O) groups is 2. The molecule has 24 heavy (non-hydrogen) atoms. The summed E-state index contributed by atoms with van der Waals surface area (Å²) >= 11 is 0. The van der Waals surface area contributed by atoms with E-state index < -0.39 is 23.6 Å². The highest BCUT2D eigenvalue weighted by Gasteiger charge is 2.52. The number of rotatable bonds is 4. The van der Waals surface area contributed by atoms with Gasteiger partial charge in [-0.15, -0.1) is 0 Å². The van der Waals surface area contributed by atoms with Crippen LogP contribution in [0.1, 0.15) is 45.4 Å². The molecule has 1 N–H and O–H groups in total. The molecule has 0 bridgehead atoms. The quantitative estimate of drug-likeness (QED) is 0.789. The van der Waals surface area contributed by atoms with Gasteiger partial charge in [-0.3, -0.25) is 9.59 Å². The molecule has 3 aliphatic rings. The Morgan fingerprint density at radius 1 is 1.38 bits per heavy atom. The average molecular weight is 336 g/mol. The molecule has 0 saturated carbocycles. The molecule has 2 saturated heterocycles. The lowest BCUT2D eigenvalue weighted by molar-refractivity contribution is -0.291. The van der Waals surface area contributed by atoms with Crippen molar-refractivity contribution in [2.75, 3.05) is 6.61 Å². The molecule has 6 heteroatoms. The number of ether oxygens (including phenoxy) is 3. The summed E-state index contributed by atoms with van der Waals surface area (Å²) in [6.45, 7) is 2.33. The normalized spacial score (nSPS) is 34.2. The Kier molecular flexibility index (Phi) is 4.90. The molecule has 1 aliphatic carbocycles. The molecular formula is C18H24O6.